The lowest BCUT2D eigenvalue weighted by Crippen LogP contribution is -2.34. The number of hydrogen-bond donors (Lipinski definition) is 0. The molecule has 16 heavy (non-hydrogen) atoms. The zero-order valence-corrected chi connectivity index (χ0v) is 9.90. The average Bonchev–Trinajstić information content (AvgIpc) is 2.29. The van der Waals surface area contributed by atoms with Gasteiger partial charge in [-0.05, 0) is 48.8 Å². The maximum absolute atomic E-state index is 2.34. The summed E-state index contributed by atoms with van der Waals surface area (Å²) in [5.41, 5.74) is 3.02. The number of rotatable bonds is 1. The van der Waals surface area contributed by atoms with E-state index < -0.39 is 0 Å². The third-order valence-corrected chi connectivity index (χ3v) is 3.72. The van der Waals surface area contributed by atoms with E-state index in [4.69, 9.17) is 0 Å². The van der Waals surface area contributed by atoms with Crippen LogP contribution in [-0.2, 0) is 12.8 Å². The van der Waals surface area contributed by atoms with Gasteiger partial charge in [0.2, 0.25) is 0 Å². The maximum Gasteiger partial charge on any atom is 0.0170 e. The molecule has 2 aromatic carbocycles. The fraction of sp³-hybridized carbons (Fsp3) is 0.333. The molecule has 0 radical (unpaired) electrons. The minimum absolute atomic E-state index is 0.653. The Kier molecular flexibility index (Phi) is 2.22. The van der Waals surface area contributed by atoms with Crippen molar-refractivity contribution in [2.24, 2.45) is 0 Å². The first-order chi connectivity index (χ1) is 7.75. The highest BCUT2D eigenvalue weighted by Gasteiger charge is 2.21. The number of nitrogens with zero attached hydrogens (tertiary/aromatic N) is 1. The summed E-state index contributed by atoms with van der Waals surface area (Å²) in [4.78, 5) is 2.34. The molecule has 0 bridgehead atoms. The molecule has 0 atom stereocenters. The second kappa shape index (κ2) is 3.60. The van der Waals surface area contributed by atoms with Crippen LogP contribution >= 0.6 is 0 Å². The normalized spacial score (nSPS) is 15.9. The molecule has 0 aliphatic heterocycles. The lowest BCUT2D eigenvalue weighted by molar-refractivity contribution is 0.287. The van der Waals surface area contributed by atoms with Crippen molar-refractivity contribution in [2.45, 2.75) is 18.9 Å². The Hall–Kier alpha value is -1.34. The fourth-order valence-electron chi connectivity index (χ4n) is 2.79. The molecule has 0 unspecified atom stereocenters. The summed E-state index contributed by atoms with van der Waals surface area (Å²) in [6.45, 7) is 0. The summed E-state index contributed by atoms with van der Waals surface area (Å²) in [7, 11) is 4.36. The molecule has 0 heterocycles. The van der Waals surface area contributed by atoms with Crippen LogP contribution in [0.3, 0.4) is 0 Å². The summed E-state index contributed by atoms with van der Waals surface area (Å²) in [6.07, 6.45) is 2.36. The minimum atomic E-state index is 0.653. The van der Waals surface area contributed by atoms with Crippen LogP contribution in [0.25, 0.3) is 10.8 Å². The maximum atomic E-state index is 2.34. The predicted octanol–water partition coefficient (Wildman–Crippen LogP) is 2.87. The molecule has 0 aromatic heterocycles. The van der Waals surface area contributed by atoms with Gasteiger partial charge in [0.1, 0.15) is 0 Å². The first kappa shape index (κ1) is 9.86. The molecule has 0 saturated carbocycles. The van der Waals surface area contributed by atoms with Crippen molar-refractivity contribution >= 4 is 10.8 Å². The van der Waals surface area contributed by atoms with E-state index in [1.54, 1.807) is 0 Å². The van der Waals surface area contributed by atoms with Crippen molar-refractivity contribution in [3.8, 4) is 0 Å². The third-order valence-electron chi connectivity index (χ3n) is 3.72. The van der Waals surface area contributed by atoms with Gasteiger partial charge in [0, 0.05) is 6.04 Å². The van der Waals surface area contributed by atoms with E-state index in [2.05, 4.69) is 55.4 Å². The molecule has 0 fully saturated rings. The van der Waals surface area contributed by atoms with Crippen LogP contribution in [0.5, 0.6) is 0 Å². The van der Waals surface area contributed by atoms with Gasteiger partial charge in [0.25, 0.3) is 0 Å². The SMILES string of the molecule is CN(C)C1Cc2cccc3cccc(c23)C1. The highest BCUT2D eigenvalue weighted by atomic mass is 15.1. The molecule has 0 N–H and O–H groups in total. The summed E-state index contributed by atoms with van der Waals surface area (Å²) >= 11 is 0. The average molecular weight is 211 g/mol. The Morgan fingerprint density at radius 1 is 0.938 bits per heavy atom. The van der Waals surface area contributed by atoms with Gasteiger partial charge in [-0.15, -0.1) is 0 Å². The van der Waals surface area contributed by atoms with Crippen molar-refractivity contribution in [3.05, 3.63) is 47.5 Å². The third kappa shape index (κ3) is 1.43. The van der Waals surface area contributed by atoms with E-state index in [1.807, 2.05) is 0 Å². The molecule has 1 heteroatoms. The van der Waals surface area contributed by atoms with Crippen molar-refractivity contribution in [2.75, 3.05) is 14.1 Å². The van der Waals surface area contributed by atoms with Gasteiger partial charge in [-0.1, -0.05) is 36.4 Å². The second-order valence-electron chi connectivity index (χ2n) is 4.96. The van der Waals surface area contributed by atoms with E-state index >= 15 is 0 Å². The molecule has 1 aliphatic carbocycles. The van der Waals surface area contributed by atoms with Crippen molar-refractivity contribution in [3.63, 3.8) is 0 Å². The van der Waals surface area contributed by atoms with E-state index in [0.717, 1.165) is 0 Å². The Morgan fingerprint density at radius 2 is 1.50 bits per heavy atom. The number of likely N-dealkylation sites (N-methyl/N-ethyl adjacent to an activating group) is 1. The Labute approximate surface area is 96.7 Å². The molecule has 0 saturated heterocycles. The number of hydrogen-bond acceptors (Lipinski definition) is 1. The van der Waals surface area contributed by atoms with Crippen LogP contribution in [0.4, 0.5) is 0 Å². The Morgan fingerprint density at radius 3 is 2.00 bits per heavy atom. The van der Waals surface area contributed by atoms with Crippen molar-refractivity contribution < 1.29 is 0 Å². The summed E-state index contributed by atoms with van der Waals surface area (Å²) in [5.74, 6) is 0. The first-order valence-electron chi connectivity index (χ1n) is 5.91. The lowest BCUT2D eigenvalue weighted by atomic mass is 9.85. The Balaban J connectivity index is 2.20. The van der Waals surface area contributed by atoms with Gasteiger partial charge in [0.15, 0.2) is 0 Å². The smallest absolute Gasteiger partial charge is 0.0170 e. The van der Waals surface area contributed by atoms with E-state index in [1.165, 1.54) is 34.7 Å². The molecule has 3 rings (SSSR count). The molecule has 2 aromatic rings. The first-order valence-corrected chi connectivity index (χ1v) is 5.91. The second-order valence-corrected chi connectivity index (χ2v) is 4.96. The van der Waals surface area contributed by atoms with Crippen LogP contribution in [0.1, 0.15) is 11.1 Å². The Bertz CT molecular complexity index is 487. The highest BCUT2D eigenvalue weighted by Crippen LogP contribution is 2.30. The van der Waals surface area contributed by atoms with E-state index in [0.29, 0.717) is 6.04 Å². The molecular formula is C15H17N. The van der Waals surface area contributed by atoms with Crippen LogP contribution in [0.15, 0.2) is 36.4 Å². The highest BCUT2D eigenvalue weighted by molar-refractivity contribution is 5.89. The molecule has 0 spiro atoms. The van der Waals surface area contributed by atoms with Crippen LogP contribution in [0.2, 0.25) is 0 Å². The van der Waals surface area contributed by atoms with Crippen molar-refractivity contribution in [1.82, 2.24) is 4.90 Å². The van der Waals surface area contributed by atoms with Gasteiger partial charge in [-0.25, -0.2) is 0 Å². The van der Waals surface area contributed by atoms with E-state index in [-0.39, 0.29) is 0 Å². The standard InChI is InChI=1S/C15H17N/c1-16(2)14-9-12-7-3-5-11-6-4-8-13(10-14)15(11)12/h3-8,14H,9-10H2,1-2H3. The van der Waals surface area contributed by atoms with Crippen molar-refractivity contribution in [1.29, 1.82) is 0 Å². The molecule has 1 nitrogen and oxygen atoms in total. The monoisotopic (exact) mass is 211 g/mol. The molecule has 82 valence electrons. The largest absolute Gasteiger partial charge is 0.306 e. The summed E-state index contributed by atoms with van der Waals surface area (Å²) in [5, 5.41) is 2.90. The molecule has 1 aliphatic rings. The van der Waals surface area contributed by atoms with Crippen LogP contribution < -0.4 is 0 Å². The zero-order valence-electron chi connectivity index (χ0n) is 9.90. The zero-order chi connectivity index (χ0) is 11.1. The number of benzene rings is 2. The van der Waals surface area contributed by atoms with Gasteiger partial charge < -0.3 is 4.90 Å². The summed E-state index contributed by atoms with van der Waals surface area (Å²) < 4.78 is 0. The van der Waals surface area contributed by atoms with Gasteiger partial charge in [-0.3, -0.25) is 0 Å². The predicted molar refractivity (Wildman–Crippen MR) is 68.8 cm³/mol. The molecule has 0 amide bonds. The van der Waals surface area contributed by atoms with Gasteiger partial charge in [-0.2, -0.15) is 0 Å². The quantitative estimate of drug-likeness (QED) is 0.701. The van der Waals surface area contributed by atoms with Crippen LogP contribution in [-0.4, -0.2) is 25.0 Å². The topological polar surface area (TPSA) is 3.24 Å². The fourth-order valence-corrected chi connectivity index (χ4v) is 2.79. The van der Waals surface area contributed by atoms with Gasteiger partial charge in [0.05, 0.1) is 0 Å². The van der Waals surface area contributed by atoms with Gasteiger partial charge >= 0.3 is 0 Å². The van der Waals surface area contributed by atoms with E-state index in [9.17, 15) is 0 Å². The minimum Gasteiger partial charge on any atom is -0.306 e. The lowest BCUT2D eigenvalue weighted by Gasteiger charge is -2.30. The van der Waals surface area contributed by atoms with Crippen LogP contribution in [0, 0.1) is 0 Å². The summed E-state index contributed by atoms with van der Waals surface area (Å²) in [6, 6.07) is 14.0. The molecular weight excluding hydrogens is 194 g/mol.